The highest BCUT2D eigenvalue weighted by molar-refractivity contribution is 5.63. The van der Waals surface area contributed by atoms with Gasteiger partial charge in [-0.2, -0.15) is 0 Å². The van der Waals surface area contributed by atoms with Crippen molar-refractivity contribution in [3.05, 3.63) is 63.6 Å². The lowest BCUT2D eigenvalue weighted by Gasteiger charge is -2.38. The average molecular weight is 421 g/mol. The molecule has 3 aliphatic carbocycles. The first-order valence-corrected chi connectivity index (χ1v) is 11.7. The van der Waals surface area contributed by atoms with Gasteiger partial charge in [-0.25, -0.2) is 9.37 Å². The number of hydrogen-bond donors (Lipinski definition) is 1. The molecule has 0 amide bonds. The maximum Gasteiger partial charge on any atom is 0.254 e. The number of rotatable bonds is 3. The molecule has 2 heterocycles. The minimum absolute atomic E-state index is 0.0776. The summed E-state index contributed by atoms with van der Waals surface area (Å²) in [5, 5.41) is 0. The van der Waals surface area contributed by atoms with Crippen molar-refractivity contribution in [1.82, 2.24) is 14.9 Å². The van der Waals surface area contributed by atoms with E-state index in [1.165, 1.54) is 30.9 Å². The Bertz CT molecular complexity index is 1090. The summed E-state index contributed by atoms with van der Waals surface area (Å²) in [6.07, 6.45) is 9.89. The van der Waals surface area contributed by atoms with Gasteiger partial charge in [-0.05, 0) is 68.1 Å². The largest absolute Gasteiger partial charge is 0.367 e. The summed E-state index contributed by atoms with van der Waals surface area (Å²) >= 11 is 0. The molecule has 1 aromatic heterocycles. The summed E-state index contributed by atoms with van der Waals surface area (Å²) in [6.45, 7) is 3.49. The second-order valence-electron chi connectivity index (χ2n) is 9.79. The van der Waals surface area contributed by atoms with Crippen LogP contribution in [-0.4, -0.2) is 47.1 Å². The topological polar surface area (TPSA) is 52.2 Å². The molecule has 0 bridgehead atoms. The number of hydrogen-bond acceptors (Lipinski definition) is 4. The molecule has 1 spiro atoms. The quantitative estimate of drug-likeness (QED) is 0.825. The Morgan fingerprint density at radius 1 is 1.06 bits per heavy atom. The van der Waals surface area contributed by atoms with Crippen LogP contribution in [0.1, 0.15) is 49.2 Å². The van der Waals surface area contributed by atoms with Gasteiger partial charge in [0.1, 0.15) is 11.6 Å². The highest BCUT2D eigenvalue weighted by atomic mass is 19.1. The zero-order valence-corrected chi connectivity index (χ0v) is 17.9. The van der Waals surface area contributed by atoms with Gasteiger partial charge in [0.25, 0.3) is 5.56 Å². The number of nitrogens with zero attached hydrogens (tertiary/aromatic N) is 3. The van der Waals surface area contributed by atoms with E-state index in [2.05, 4.69) is 20.9 Å². The Morgan fingerprint density at radius 3 is 2.65 bits per heavy atom. The van der Waals surface area contributed by atoms with E-state index in [1.807, 2.05) is 12.1 Å². The fourth-order valence-electron chi connectivity index (χ4n) is 5.73. The van der Waals surface area contributed by atoms with Crippen LogP contribution < -0.4 is 10.5 Å². The fraction of sp³-hybridized carbons (Fsp3) is 0.520. The highest BCUT2D eigenvalue weighted by Crippen LogP contribution is 2.53. The predicted octanol–water partition coefficient (Wildman–Crippen LogP) is 3.55. The Hall–Kier alpha value is -2.47. The normalized spacial score (nSPS) is 24.9. The Morgan fingerprint density at radius 2 is 1.87 bits per heavy atom. The monoisotopic (exact) mass is 420 g/mol. The fourth-order valence-corrected chi connectivity index (χ4v) is 5.73. The molecule has 1 N–H and O–H groups in total. The average Bonchev–Trinajstić information content (AvgIpc) is 3.35. The number of piperazine rings is 1. The van der Waals surface area contributed by atoms with E-state index in [4.69, 9.17) is 4.98 Å². The molecule has 5 nitrogen and oxygen atoms in total. The van der Waals surface area contributed by atoms with E-state index in [9.17, 15) is 9.18 Å². The SMILES string of the molecule is O=c1[nH]c(C2=C[C@H](N3CCN(c4ccccc4F)CC3)CC2)nc2c1CC1(CC2)CC1. The molecule has 1 aromatic carbocycles. The molecule has 1 saturated heterocycles. The molecule has 6 rings (SSSR count). The van der Waals surface area contributed by atoms with Crippen molar-refractivity contribution >= 4 is 11.3 Å². The number of nitrogens with one attached hydrogen (secondary N) is 1. The number of allylic oxidation sites excluding steroid dienone is 1. The van der Waals surface area contributed by atoms with Gasteiger partial charge in [-0.15, -0.1) is 0 Å². The molecule has 2 aromatic rings. The van der Waals surface area contributed by atoms with Crippen molar-refractivity contribution in [3.63, 3.8) is 0 Å². The molecule has 31 heavy (non-hydrogen) atoms. The lowest BCUT2D eigenvalue weighted by atomic mass is 9.84. The number of aromatic nitrogens is 2. The first-order chi connectivity index (χ1) is 15.1. The third-order valence-corrected chi connectivity index (χ3v) is 7.89. The number of halogens is 1. The van der Waals surface area contributed by atoms with Gasteiger partial charge < -0.3 is 9.88 Å². The molecule has 1 saturated carbocycles. The number of fused-ring (bicyclic) bond motifs is 1. The predicted molar refractivity (Wildman–Crippen MR) is 120 cm³/mol. The number of para-hydroxylation sites is 1. The molecule has 2 fully saturated rings. The lowest BCUT2D eigenvalue weighted by Crippen LogP contribution is -2.49. The minimum atomic E-state index is -0.144. The number of benzene rings is 1. The second-order valence-corrected chi connectivity index (χ2v) is 9.79. The van der Waals surface area contributed by atoms with E-state index in [0.717, 1.165) is 68.9 Å². The molecule has 1 aliphatic heterocycles. The zero-order chi connectivity index (χ0) is 21.0. The molecular weight excluding hydrogens is 391 g/mol. The van der Waals surface area contributed by atoms with Gasteiger partial charge in [0.15, 0.2) is 0 Å². The van der Waals surface area contributed by atoms with Gasteiger partial charge in [0.05, 0.1) is 11.4 Å². The Kier molecular flexibility index (Phi) is 4.53. The third-order valence-electron chi connectivity index (χ3n) is 7.89. The lowest BCUT2D eigenvalue weighted by molar-refractivity contribution is 0.214. The van der Waals surface area contributed by atoms with E-state index in [0.29, 0.717) is 17.1 Å². The van der Waals surface area contributed by atoms with Crippen molar-refractivity contribution in [2.45, 2.75) is 51.0 Å². The Balaban J connectivity index is 1.15. The summed E-state index contributed by atoms with van der Waals surface area (Å²) < 4.78 is 14.1. The van der Waals surface area contributed by atoms with Crippen LogP contribution in [0.4, 0.5) is 10.1 Å². The Labute approximate surface area is 182 Å². The van der Waals surface area contributed by atoms with Crippen LogP contribution in [0.15, 0.2) is 35.1 Å². The van der Waals surface area contributed by atoms with E-state index >= 15 is 0 Å². The van der Waals surface area contributed by atoms with Gasteiger partial charge >= 0.3 is 0 Å². The molecule has 0 radical (unpaired) electrons. The summed E-state index contributed by atoms with van der Waals surface area (Å²) in [6, 6.07) is 7.40. The maximum absolute atomic E-state index is 14.1. The van der Waals surface area contributed by atoms with Gasteiger partial charge in [0, 0.05) is 37.8 Å². The van der Waals surface area contributed by atoms with E-state index < -0.39 is 0 Å². The number of aryl methyl sites for hydroxylation is 1. The molecule has 6 heteroatoms. The molecular formula is C25H29FN4O. The van der Waals surface area contributed by atoms with Crippen LogP contribution >= 0.6 is 0 Å². The summed E-state index contributed by atoms with van der Waals surface area (Å²) in [4.78, 5) is 25.4. The van der Waals surface area contributed by atoms with Crippen LogP contribution in [0.5, 0.6) is 0 Å². The summed E-state index contributed by atoms with van der Waals surface area (Å²) in [5.41, 5.74) is 4.34. The molecule has 0 unspecified atom stereocenters. The summed E-state index contributed by atoms with van der Waals surface area (Å²) in [7, 11) is 0. The van der Waals surface area contributed by atoms with Gasteiger partial charge in [-0.3, -0.25) is 9.69 Å². The van der Waals surface area contributed by atoms with Crippen LogP contribution in [0.25, 0.3) is 5.57 Å². The van der Waals surface area contributed by atoms with Crippen LogP contribution in [0, 0.1) is 11.2 Å². The zero-order valence-electron chi connectivity index (χ0n) is 17.9. The highest BCUT2D eigenvalue weighted by Gasteiger charge is 2.45. The first kappa shape index (κ1) is 19.2. The van der Waals surface area contributed by atoms with Crippen LogP contribution in [-0.2, 0) is 12.8 Å². The van der Waals surface area contributed by atoms with Gasteiger partial charge in [-0.1, -0.05) is 18.2 Å². The molecule has 4 aliphatic rings. The molecule has 1 atom stereocenters. The minimum Gasteiger partial charge on any atom is -0.367 e. The van der Waals surface area contributed by atoms with Gasteiger partial charge in [0.2, 0.25) is 0 Å². The summed E-state index contributed by atoms with van der Waals surface area (Å²) in [5.74, 6) is 0.636. The van der Waals surface area contributed by atoms with Crippen molar-refractivity contribution < 1.29 is 4.39 Å². The van der Waals surface area contributed by atoms with Crippen LogP contribution in [0.3, 0.4) is 0 Å². The van der Waals surface area contributed by atoms with Crippen molar-refractivity contribution in [3.8, 4) is 0 Å². The number of aromatic amines is 1. The molecule has 162 valence electrons. The van der Waals surface area contributed by atoms with E-state index in [-0.39, 0.29) is 11.4 Å². The first-order valence-electron chi connectivity index (χ1n) is 11.7. The van der Waals surface area contributed by atoms with Crippen molar-refractivity contribution in [2.24, 2.45) is 5.41 Å². The second kappa shape index (κ2) is 7.30. The smallest absolute Gasteiger partial charge is 0.254 e. The van der Waals surface area contributed by atoms with Crippen molar-refractivity contribution in [1.29, 1.82) is 0 Å². The van der Waals surface area contributed by atoms with E-state index in [1.54, 1.807) is 6.07 Å². The van der Waals surface area contributed by atoms with Crippen molar-refractivity contribution in [2.75, 3.05) is 31.1 Å². The maximum atomic E-state index is 14.1. The third kappa shape index (κ3) is 3.51. The number of anilines is 1. The van der Waals surface area contributed by atoms with Crippen LogP contribution in [0.2, 0.25) is 0 Å². The standard InChI is InChI=1S/C25H29FN4O/c26-20-3-1-2-4-22(20)30-13-11-29(12-14-30)18-6-5-17(15-18)23-27-21-7-8-25(9-10-25)16-19(21)24(31)28-23/h1-4,15,18H,5-14,16H2,(H,27,28,31)/t18-/m1/s1. The number of H-pyrrole nitrogens is 1.